The van der Waals surface area contributed by atoms with E-state index in [0.717, 1.165) is 37.2 Å². The van der Waals surface area contributed by atoms with E-state index in [-0.39, 0.29) is 0 Å². The Balaban J connectivity index is 1.52. The molecule has 0 saturated heterocycles. The van der Waals surface area contributed by atoms with Gasteiger partial charge in [-0.1, -0.05) is 26.7 Å². The zero-order valence-electron chi connectivity index (χ0n) is 12.8. The van der Waals surface area contributed by atoms with E-state index < -0.39 is 0 Å². The van der Waals surface area contributed by atoms with Gasteiger partial charge in [-0.2, -0.15) is 0 Å². The van der Waals surface area contributed by atoms with Gasteiger partial charge in [-0.05, 0) is 44.1 Å². The number of aryl methyl sites for hydroxylation is 1. The van der Waals surface area contributed by atoms with Crippen LogP contribution in [0.4, 0.5) is 0 Å². The average Bonchev–Trinajstić information content (AvgIpc) is 3.12. The molecule has 2 aliphatic carbocycles. The molecule has 0 aromatic carbocycles. The summed E-state index contributed by atoms with van der Waals surface area (Å²) in [6.07, 6.45) is 9.77. The van der Waals surface area contributed by atoms with Gasteiger partial charge in [0.05, 0.1) is 0 Å². The third kappa shape index (κ3) is 3.40. The quantitative estimate of drug-likeness (QED) is 0.809. The van der Waals surface area contributed by atoms with E-state index in [4.69, 9.17) is 4.42 Å². The molecule has 2 aliphatic rings. The maximum atomic E-state index is 5.93. The molecule has 1 atom stereocenters. The Morgan fingerprint density at radius 1 is 1.20 bits per heavy atom. The summed E-state index contributed by atoms with van der Waals surface area (Å²) in [4.78, 5) is 0. The second-order valence-corrected chi connectivity index (χ2v) is 7.15. The summed E-state index contributed by atoms with van der Waals surface area (Å²) >= 11 is 0. The van der Waals surface area contributed by atoms with Gasteiger partial charge >= 0.3 is 0 Å². The van der Waals surface area contributed by atoms with Crippen molar-refractivity contribution >= 4 is 0 Å². The first-order chi connectivity index (χ1) is 9.65. The van der Waals surface area contributed by atoms with Crippen molar-refractivity contribution in [3.05, 3.63) is 11.8 Å². The summed E-state index contributed by atoms with van der Waals surface area (Å²) in [5, 5.41) is 12.1. The Morgan fingerprint density at radius 2 is 2.05 bits per heavy atom. The minimum Gasteiger partial charge on any atom is -0.425 e. The van der Waals surface area contributed by atoms with E-state index in [2.05, 4.69) is 29.4 Å². The second kappa shape index (κ2) is 5.84. The highest BCUT2D eigenvalue weighted by Gasteiger charge is 2.36. The van der Waals surface area contributed by atoms with Crippen LogP contribution in [0.1, 0.15) is 76.5 Å². The van der Waals surface area contributed by atoms with Crippen molar-refractivity contribution < 1.29 is 4.42 Å². The summed E-state index contributed by atoms with van der Waals surface area (Å²) < 4.78 is 5.93. The fourth-order valence-electron chi connectivity index (χ4n) is 3.29. The van der Waals surface area contributed by atoms with E-state index in [9.17, 15) is 0 Å². The summed E-state index contributed by atoms with van der Waals surface area (Å²) in [6, 6.07) is 0.788. The van der Waals surface area contributed by atoms with E-state index in [1.807, 2.05) is 0 Å². The van der Waals surface area contributed by atoms with Crippen molar-refractivity contribution in [1.82, 2.24) is 15.5 Å². The van der Waals surface area contributed by atoms with E-state index in [1.54, 1.807) is 0 Å². The molecule has 4 heteroatoms. The predicted molar refractivity (Wildman–Crippen MR) is 78.6 cm³/mol. The van der Waals surface area contributed by atoms with Crippen LogP contribution in [0.15, 0.2) is 4.42 Å². The highest BCUT2D eigenvalue weighted by molar-refractivity contribution is 5.01. The van der Waals surface area contributed by atoms with Crippen molar-refractivity contribution in [2.24, 2.45) is 5.41 Å². The van der Waals surface area contributed by atoms with Gasteiger partial charge in [-0.3, -0.25) is 0 Å². The molecule has 1 aromatic rings. The Morgan fingerprint density at radius 3 is 2.80 bits per heavy atom. The van der Waals surface area contributed by atoms with Crippen molar-refractivity contribution in [3.8, 4) is 0 Å². The minimum atomic E-state index is 0.301. The molecule has 1 unspecified atom stereocenters. The molecular formula is C16H27N3O. The molecule has 0 amide bonds. The summed E-state index contributed by atoms with van der Waals surface area (Å²) in [5.41, 5.74) is 0.301. The molecule has 0 aliphatic heterocycles. The molecule has 3 rings (SSSR count). The molecular weight excluding hydrogens is 250 g/mol. The third-order valence-corrected chi connectivity index (χ3v) is 4.87. The van der Waals surface area contributed by atoms with Crippen LogP contribution in [0.3, 0.4) is 0 Å². The molecule has 112 valence electrons. The van der Waals surface area contributed by atoms with Crippen LogP contribution in [0, 0.1) is 5.41 Å². The summed E-state index contributed by atoms with van der Waals surface area (Å²) in [6.45, 7) is 5.73. The van der Waals surface area contributed by atoms with Crippen molar-refractivity contribution in [2.45, 2.75) is 77.2 Å². The van der Waals surface area contributed by atoms with Gasteiger partial charge in [-0.25, -0.2) is 0 Å². The van der Waals surface area contributed by atoms with Crippen LogP contribution < -0.4 is 5.32 Å². The predicted octanol–water partition coefficient (Wildman–Crippen LogP) is 3.44. The smallest absolute Gasteiger partial charge is 0.220 e. The molecule has 20 heavy (non-hydrogen) atoms. The van der Waals surface area contributed by atoms with Gasteiger partial charge in [0.1, 0.15) is 0 Å². The first-order valence-corrected chi connectivity index (χ1v) is 8.21. The SMILES string of the molecule is CC1(C)CCCCC1c1nnc(CCCNC2CC2)o1. The zero-order valence-corrected chi connectivity index (χ0v) is 12.8. The molecule has 1 aromatic heterocycles. The minimum absolute atomic E-state index is 0.301. The standard InChI is InChI=1S/C16H27N3O/c1-16(2)10-4-3-6-13(16)15-19-18-14(20-15)7-5-11-17-12-8-9-12/h12-13,17H,3-11H2,1-2H3. The Bertz CT molecular complexity index is 437. The van der Waals surface area contributed by atoms with Gasteiger partial charge in [0, 0.05) is 18.4 Å². The topological polar surface area (TPSA) is 51.0 Å². The Hall–Kier alpha value is -0.900. The first kappa shape index (κ1) is 14.1. The first-order valence-electron chi connectivity index (χ1n) is 8.21. The van der Waals surface area contributed by atoms with Gasteiger partial charge < -0.3 is 9.73 Å². The van der Waals surface area contributed by atoms with Crippen LogP contribution in [0.25, 0.3) is 0 Å². The van der Waals surface area contributed by atoms with E-state index >= 15 is 0 Å². The largest absolute Gasteiger partial charge is 0.425 e. The van der Waals surface area contributed by atoms with Gasteiger partial charge in [0.25, 0.3) is 0 Å². The number of nitrogens with one attached hydrogen (secondary N) is 1. The molecule has 0 radical (unpaired) electrons. The fourth-order valence-corrected chi connectivity index (χ4v) is 3.29. The van der Waals surface area contributed by atoms with E-state index in [0.29, 0.717) is 11.3 Å². The lowest BCUT2D eigenvalue weighted by atomic mass is 9.69. The van der Waals surface area contributed by atoms with Gasteiger partial charge in [-0.15, -0.1) is 10.2 Å². The molecule has 2 fully saturated rings. The monoisotopic (exact) mass is 277 g/mol. The highest BCUT2D eigenvalue weighted by atomic mass is 16.4. The lowest BCUT2D eigenvalue weighted by Gasteiger charge is -2.36. The Kier molecular flexibility index (Phi) is 4.11. The number of nitrogens with zero attached hydrogens (tertiary/aromatic N) is 2. The van der Waals surface area contributed by atoms with Crippen LogP contribution in [-0.2, 0) is 6.42 Å². The molecule has 0 spiro atoms. The van der Waals surface area contributed by atoms with Gasteiger partial charge in [0.2, 0.25) is 11.8 Å². The van der Waals surface area contributed by atoms with Crippen LogP contribution in [0.5, 0.6) is 0 Å². The molecule has 4 nitrogen and oxygen atoms in total. The third-order valence-electron chi connectivity index (χ3n) is 4.87. The van der Waals surface area contributed by atoms with Gasteiger partial charge in [0.15, 0.2) is 0 Å². The lowest BCUT2D eigenvalue weighted by Crippen LogP contribution is -2.26. The number of hydrogen-bond acceptors (Lipinski definition) is 4. The number of aromatic nitrogens is 2. The van der Waals surface area contributed by atoms with Crippen molar-refractivity contribution in [3.63, 3.8) is 0 Å². The summed E-state index contributed by atoms with van der Waals surface area (Å²) in [5.74, 6) is 2.14. The normalized spacial score (nSPS) is 25.8. The maximum absolute atomic E-state index is 5.93. The van der Waals surface area contributed by atoms with Crippen molar-refractivity contribution in [1.29, 1.82) is 0 Å². The molecule has 0 bridgehead atoms. The maximum Gasteiger partial charge on any atom is 0.220 e. The average molecular weight is 277 g/mol. The highest BCUT2D eigenvalue weighted by Crippen LogP contribution is 2.46. The number of rotatable bonds is 6. The molecule has 1 N–H and O–H groups in total. The molecule has 2 saturated carbocycles. The Labute approximate surface area is 121 Å². The second-order valence-electron chi connectivity index (χ2n) is 7.15. The number of hydrogen-bond donors (Lipinski definition) is 1. The molecule has 1 heterocycles. The summed E-state index contributed by atoms with van der Waals surface area (Å²) in [7, 11) is 0. The van der Waals surface area contributed by atoms with Crippen LogP contribution in [-0.4, -0.2) is 22.8 Å². The van der Waals surface area contributed by atoms with Crippen LogP contribution >= 0.6 is 0 Å². The van der Waals surface area contributed by atoms with E-state index in [1.165, 1.54) is 38.5 Å². The lowest BCUT2D eigenvalue weighted by molar-refractivity contribution is 0.171. The zero-order chi connectivity index (χ0) is 14.0. The fraction of sp³-hybridized carbons (Fsp3) is 0.875. The van der Waals surface area contributed by atoms with Crippen molar-refractivity contribution in [2.75, 3.05) is 6.54 Å². The van der Waals surface area contributed by atoms with Crippen LogP contribution in [0.2, 0.25) is 0 Å².